The Morgan fingerprint density at radius 3 is 2.70 bits per heavy atom. The lowest BCUT2D eigenvalue weighted by Gasteiger charge is -2.45. The van der Waals surface area contributed by atoms with Crippen molar-refractivity contribution in [3.05, 3.63) is 64.7 Å². The number of amides is 1. The van der Waals surface area contributed by atoms with Gasteiger partial charge in [-0.15, -0.1) is 0 Å². The second-order valence-corrected chi connectivity index (χ2v) is 8.19. The molecule has 2 heterocycles. The molecule has 6 nitrogen and oxygen atoms in total. The molecule has 2 aliphatic heterocycles. The molecule has 1 fully saturated rings. The minimum Gasteiger partial charge on any atom is -0.507 e. The van der Waals surface area contributed by atoms with Gasteiger partial charge in [0.2, 0.25) is 0 Å². The highest BCUT2D eigenvalue weighted by atomic mass is 35.5. The van der Waals surface area contributed by atoms with E-state index in [2.05, 4.69) is 17.4 Å². The number of carbonyl (C=O) groups excluding carboxylic acids is 1. The zero-order valence-electron chi connectivity index (χ0n) is 17.0. The Balaban J connectivity index is 1.66. The fourth-order valence-electron chi connectivity index (χ4n) is 4.23. The number of aliphatic imine (C=N–C) groups is 1. The maximum atomic E-state index is 12.1. The molecule has 2 aliphatic rings. The van der Waals surface area contributed by atoms with Crippen LogP contribution in [0.25, 0.3) is 0 Å². The minimum atomic E-state index is -0.508. The summed E-state index contributed by atoms with van der Waals surface area (Å²) in [6.07, 6.45) is 1.70. The van der Waals surface area contributed by atoms with Crippen LogP contribution in [0.1, 0.15) is 43.4 Å². The number of ether oxygens (including phenoxy) is 1. The molecule has 158 valence electrons. The van der Waals surface area contributed by atoms with E-state index in [9.17, 15) is 9.90 Å². The van der Waals surface area contributed by atoms with Gasteiger partial charge < -0.3 is 14.7 Å². The summed E-state index contributed by atoms with van der Waals surface area (Å²) in [7, 11) is 0. The van der Waals surface area contributed by atoms with E-state index in [1.54, 1.807) is 23.1 Å². The van der Waals surface area contributed by atoms with E-state index < -0.39 is 5.66 Å². The summed E-state index contributed by atoms with van der Waals surface area (Å²) in [4.78, 5) is 18.9. The van der Waals surface area contributed by atoms with Gasteiger partial charge in [0, 0.05) is 54.7 Å². The summed E-state index contributed by atoms with van der Waals surface area (Å²) < 4.78 is 5.15. The molecule has 1 saturated heterocycles. The molecular weight excluding hydrogens is 402 g/mol. The van der Waals surface area contributed by atoms with Crippen molar-refractivity contribution in [1.82, 2.24) is 10.2 Å². The summed E-state index contributed by atoms with van der Waals surface area (Å²) in [5.74, 6) is 0.172. The molecule has 0 bridgehead atoms. The molecule has 2 N–H and O–H groups in total. The summed E-state index contributed by atoms with van der Waals surface area (Å²) in [5.41, 5.74) is 2.15. The van der Waals surface area contributed by atoms with E-state index in [-0.39, 0.29) is 17.9 Å². The molecule has 0 radical (unpaired) electrons. The maximum Gasteiger partial charge on any atom is 0.409 e. The lowest BCUT2D eigenvalue weighted by molar-refractivity contribution is 0.0779. The molecule has 0 saturated carbocycles. The molecule has 2 aromatic rings. The fraction of sp³-hybridized carbons (Fsp3) is 0.391. The third-order valence-corrected chi connectivity index (χ3v) is 6.01. The van der Waals surface area contributed by atoms with Gasteiger partial charge >= 0.3 is 6.09 Å². The molecule has 30 heavy (non-hydrogen) atoms. The third-order valence-electron chi connectivity index (χ3n) is 5.78. The summed E-state index contributed by atoms with van der Waals surface area (Å²) in [6, 6.07) is 15.3. The number of nitrogens with zero attached hydrogens (tertiary/aromatic N) is 2. The van der Waals surface area contributed by atoms with Crippen LogP contribution in [0.3, 0.4) is 0 Å². The number of hydrogen-bond donors (Lipinski definition) is 2. The first-order valence-corrected chi connectivity index (χ1v) is 10.7. The SMILES string of the molecule is CCOC(=O)N1CCC2(CC1)N=C(c1cc(Cl)ccc1O)CC(c1ccccc1)N2. The Morgan fingerprint density at radius 1 is 1.27 bits per heavy atom. The van der Waals surface area contributed by atoms with Crippen molar-refractivity contribution >= 4 is 23.4 Å². The van der Waals surface area contributed by atoms with E-state index in [4.69, 9.17) is 21.3 Å². The first-order chi connectivity index (χ1) is 14.5. The van der Waals surface area contributed by atoms with Gasteiger partial charge in [0.05, 0.1) is 6.61 Å². The zero-order valence-corrected chi connectivity index (χ0v) is 17.7. The number of benzene rings is 2. The van der Waals surface area contributed by atoms with Crippen LogP contribution in [0.5, 0.6) is 5.75 Å². The Kier molecular flexibility index (Phi) is 5.97. The van der Waals surface area contributed by atoms with Crippen LogP contribution in [-0.2, 0) is 4.74 Å². The predicted octanol–water partition coefficient (Wildman–Crippen LogP) is 4.52. The standard InChI is InChI=1S/C23H26ClN3O3/c1-2-30-22(29)27-12-10-23(11-13-27)25-19(16-6-4-3-5-7-16)15-20(26-23)18-14-17(24)8-9-21(18)28/h3-9,14,19,25,28H,2,10-13,15H2,1H3. The molecule has 0 aliphatic carbocycles. The maximum absolute atomic E-state index is 12.1. The van der Waals surface area contributed by atoms with E-state index in [0.717, 1.165) is 5.71 Å². The van der Waals surface area contributed by atoms with Crippen molar-refractivity contribution in [2.24, 2.45) is 4.99 Å². The Morgan fingerprint density at radius 2 is 2.00 bits per heavy atom. The van der Waals surface area contributed by atoms with Crippen LogP contribution in [0.2, 0.25) is 5.02 Å². The van der Waals surface area contributed by atoms with E-state index in [1.807, 2.05) is 25.1 Å². The molecule has 0 aromatic heterocycles. The van der Waals surface area contributed by atoms with Gasteiger partial charge in [0.1, 0.15) is 11.4 Å². The van der Waals surface area contributed by atoms with Crippen molar-refractivity contribution in [3.63, 3.8) is 0 Å². The predicted molar refractivity (Wildman–Crippen MR) is 117 cm³/mol. The topological polar surface area (TPSA) is 74.2 Å². The van der Waals surface area contributed by atoms with Gasteiger partial charge in [-0.2, -0.15) is 0 Å². The van der Waals surface area contributed by atoms with Crippen molar-refractivity contribution < 1.29 is 14.6 Å². The molecule has 1 unspecified atom stereocenters. The quantitative estimate of drug-likeness (QED) is 0.755. The smallest absolute Gasteiger partial charge is 0.409 e. The highest BCUT2D eigenvalue weighted by Crippen LogP contribution is 2.37. The third kappa shape index (κ3) is 4.30. The van der Waals surface area contributed by atoms with Gasteiger partial charge in [-0.05, 0) is 30.7 Å². The summed E-state index contributed by atoms with van der Waals surface area (Å²) in [5, 5.41) is 14.8. The zero-order chi connectivity index (χ0) is 21.1. The summed E-state index contributed by atoms with van der Waals surface area (Å²) >= 11 is 6.21. The van der Waals surface area contributed by atoms with Crippen molar-refractivity contribution in [1.29, 1.82) is 0 Å². The van der Waals surface area contributed by atoms with Gasteiger partial charge in [-0.25, -0.2) is 4.79 Å². The number of carbonyl (C=O) groups is 1. The van der Waals surface area contributed by atoms with Crippen LogP contribution >= 0.6 is 11.6 Å². The molecule has 1 spiro atoms. The molecule has 2 aromatic carbocycles. The normalized spacial score (nSPS) is 20.7. The largest absolute Gasteiger partial charge is 0.507 e. The van der Waals surface area contributed by atoms with Gasteiger partial charge in [-0.3, -0.25) is 10.3 Å². The number of likely N-dealkylation sites (tertiary alicyclic amines) is 1. The van der Waals surface area contributed by atoms with Gasteiger partial charge in [0.25, 0.3) is 0 Å². The minimum absolute atomic E-state index is 0.0474. The van der Waals surface area contributed by atoms with E-state index in [1.165, 1.54) is 5.56 Å². The number of phenols is 1. The van der Waals surface area contributed by atoms with Crippen LogP contribution in [0.15, 0.2) is 53.5 Å². The lowest BCUT2D eigenvalue weighted by atomic mass is 9.87. The van der Waals surface area contributed by atoms with Crippen LogP contribution < -0.4 is 5.32 Å². The van der Waals surface area contributed by atoms with Gasteiger partial charge in [0.15, 0.2) is 0 Å². The molecular formula is C23H26ClN3O3. The average molecular weight is 428 g/mol. The Labute approximate surface area is 181 Å². The lowest BCUT2D eigenvalue weighted by Crippen LogP contribution is -2.56. The highest BCUT2D eigenvalue weighted by molar-refractivity contribution is 6.31. The molecule has 7 heteroatoms. The monoisotopic (exact) mass is 427 g/mol. The van der Waals surface area contributed by atoms with Crippen molar-refractivity contribution in [3.8, 4) is 5.75 Å². The summed E-state index contributed by atoms with van der Waals surface area (Å²) in [6.45, 7) is 3.30. The van der Waals surface area contributed by atoms with E-state index in [0.29, 0.717) is 49.5 Å². The first-order valence-electron chi connectivity index (χ1n) is 10.3. The number of nitrogens with one attached hydrogen (secondary N) is 1. The second-order valence-electron chi connectivity index (χ2n) is 7.75. The van der Waals surface area contributed by atoms with Gasteiger partial charge in [-0.1, -0.05) is 41.9 Å². The number of phenolic OH excluding ortho intramolecular Hbond substituents is 1. The molecule has 1 amide bonds. The van der Waals surface area contributed by atoms with E-state index >= 15 is 0 Å². The van der Waals surface area contributed by atoms with Crippen LogP contribution in [0.4, 0.5) is 4.79 Å². The van der Waals surface area contributed by atoms with Crippen LogP contribution in [0, 0.1) is 0 Å². The number of hydrogen-bond acceptors (Lipinski definition) is 5. The number of piperidine rings is 1. The second kappa shape index (κ2) is 8.66. The molecule has 4 rings (SSSR count). The van der Waals surface area contributed by atoms with Crippen molar-refractivity contribution in [2.75, 3.05) is 19.7 Å². The average Bonchev–Trinajstić information content (AvgIpc) is 2.76. The highest BCUT2D eigenvalue weighted by Gasteiger charge is 2.41. The first kappa shape index (κ1) is 20.7. The Hall–Kier alpha value is -2.57. The molecule has 1 atom stereocenters. The van der Waals surface area contributed by atoms with Crippen LogP contribution in [-0.4, -0.2) is 47.2 Å². The Bertz CT molecular complexity index is 940. The fourth-order valence-corrected chi connectivity index (χ4v) is 4.40. The van der Waals surface area contributed by atoms with Crippen molar-refractivity contribution in [2.45, 2.75) is 37.9 Å². The number of rotatable bonds is 3. The number of aromatic hydroxyl groups is 1. The number of halogens is 1.